The fourth-order valence-electron chi connectivity index (χ4n) is 3.09. The van der Waals surface area contributed by atoms with Crippen molar-refractivity contribution in [3.8, 4) is 17.1 Å². The molecule has 0 unspecified atom stereocenters. The molecule has 1 aliphatic heterocycles. The number of rotatable bonds is 5. The minimum absolute atomic E-state index is 0.120. The number of benzene rings is 2. The normalized spacial score (nSPS) is 13.8. The molecule has 1 aliphatic rings. The summed E-state index contributed by atoms with van der Waals surface area (Å²) >= 11 is 0. The summed E-state index contributed by atoms with van der Waals surface area (Å²) in [6.07, 6.45) is 0. The van der Waals surface area contributed by atoms with Crippen LogP contribution in [0.5, 0.6) is 5.75 Å². The number of methoxy groups -OCH3 is 1. The lowest BCUT2D eigenvalue weighted by atomic mass is 10.2. The average Bonchev–Trinajstić information content (AvgIpc) is 2.80. The quantitative estimate of drug-likeness (QED) is 0.720. The zero-order valence-corrected chi connectivity index (χ0v) is 16.2. The predicted octanol–water partition coefficient (Wildman–Crippen LogP) is 3.37. The molecule has 7 nitrogen and oxygen atoms in total. The molecule has 3 aromatic rings. The number of carbonyl (C=O) groups excluding carboxylic acids is 1. The van der Waals surface area contributed by atoms with E-state index in [2.05, 4.69) is 15.3 Å². The number of amides is 1. The van der Waals surface area contributed by atoms with Crippen molar-refractivity contribution in [3.05, 3.63) is 66.4 Å². The highest BCUT2D eigenvalue weighted by Gasteiger charge is 2.21. The summed E-state index contributed by atoms with van der Waals surface area (Å²) in [6.45, 7) is 2.20. The Morgan fingerprint density at radius 2 is 1.76 bits per heavy atom. The second-order valence-corrected chi connectivity index (χ2v) is 6.59. The monoisotopic (exact) mass is 390 g/mol. The second-order valence-electron chi connectivity index (χ2n) is 6.59. The van der Waals surface area contributed by atoms with Crippen LogP contribution in [0.25, 0.3) is 11.4 Å². The molecule has 0 spiro atoms. The van der Waals surface area contributed by atoms with Gasteiger partial charge in [-0.1, -0.05) is 30.3 Å². The first-order valence-corrected chi connectivity index (χ1v) is 9.45. The van der Waals surface area contributed by atoms with E-state index in [4.69, 9.17) is 9.47 Å². The van der Waals surface area contributed by atoms with Crippen molar-refractivity contribution in [3.63, 3.8) is 0 Å². The van der Waals surface area contributed by atoms with E-state index in [9.17, 15) is 4.79 Å². The molecule has 0 saturated carbocycles. The van der Waals surface area contributed by atoms with Gasteiger partial charge in [0.25, 0.3) is 5.91 Å². The minimum atomic E-state index is -0.120. The average molecular weight is 390 g/mol. The molecule has 1 saturated heterocycles. The summed E-state index contributed by atoms with van der Waals surface area (Å²) < 4.78 is 10.6. The van der Waals surface area contributed by atoms with E-state index < -0.39 is 0 Å². The maximum absolute atomic E-state index is 13.0. The molecule has 1 amide bonds. The van der Waals surface area contributed by atoms with Gasteiger partial charge in [0.2, 0.25) is 0 Å². The van der Waals surface area contributed by atoms with Crippen LogP contribution in [-0.4, -0.2) is 54.2 Å². The first-order chi connectivity index (χ1) is 14.2. The van der Waals surface area contributed by atoms with Crippen molar-refractivity contribution in [2.24, 2.45) is 0 Å². The van der Waals surface area contributed by atoms with E-state index in [1.807, 2.05) is 54.6 Å². The van der Waals surface area contributed by atoms with Gasteiger partial charge in [0.1, 0.15) is 17.3 Å². The van der Waals surface area contributed by atoms with Gasteiger partial charge in [0.05, 0.1) is 20.3 Å². The number of nitrogens with zero attached hydrogens (tertiary/aromatic N) is 3. The van der Waals surface area contributed by atoms with E-state index in [0.717, 1.165) is 17.0 Å². The van der Waals surface area contributed by atoms with E-state index in [0.29, 0.717) is 43.6 Å². The van der Waals surface area contributed by atoms with Crippen molar-refractivity contribution in [1.29, 1.82) is 0 Å². The number of carbonyl (C=O) groups is 1. The number of hydrogen-bond acceptors (Lipinski definition) is 6. The zero-order valence-electron chi connectivity index (χ0n) is 16.2. The summed E-state index contributed by atoms with van der Waals surface area (Å²) in [7, 11) is 1.63. The Kier molecular flexibility index (Phi) is 5.67. The van der Waals surface area contributed by atoms with Crippen LogP contribution < -0.4 is 10.1 Å². The predicted molar refractivity (Wildman–Crippen MR) is 110 cm³/mol. The smallest absolute Gasteiger partial charge is 0.272 e. The molecule has 2 aromatic carbocycles. The van der Waals surface area contributed by atoms with Crippen molar-refractivity contribution in [1.82, 2.24) is 14.9 Å². The van der Waals surface area contributed by atoms with Crippen LogP contribution in [0.3, 0.4) is 0 Å². The fourth-order valence-corrected chi connectivity index (χ4v) is 3.09. The van der Waals surface area contributed by atoms with Gasteiger partial charge < -0.3 is 19.7 Å². The Morgan fingerprint density at radius 1 is 1.03 bits per heavy atom. The van der Waals surface area contributed by atoms with Gasteiger partial charge in [-0.25, -0.2) is 9.97 Å². The molecule has 0 atom stereocenters. The number of hydrogen-bond donors (Lipinski definition) is 1. The lowest BCUT2D eigenvalue weighted by molar-refractivity contribution is 0.0299. The number of ether oxygens (including phenoxy) is 2. The Bertz CT molecular complexity index is 971. The number of anilines is 2. The van der Waals surface area contributed by atoms with Crippen molar-refractivity contribution < 1.29 is 14.3 Å². The van der Waals surface area contributed by atoms with Gasteiger partial charge in [0, 0.05) is 30.4 Å². The van der Waals surface area contributed by atoms with Gasteiger partial charge in [-0.15, -0.1) is 0 Å². The molecule has 1 aromatic heterocycles. The molecule has 0 aliphatic carbocycles. The van der Waals surface area contributed by atoms with Crippen LogP contribution in [0.2, 0.25) is 0 Å². The number of nitrogens with one attached hydrogen (secondary N) is 1. The summed E-state index contributed by atoms with van der Waals surface area (Å²) in [5.74, 6) is 1.71. The standard InChI is InChI=1S/C22H22N4O3/c1-28-18-9-7-17(8-10-18)23-20-15-19(22(27)26-11-13-29-14-12-26)24-21(25-20)16-5-3-2-4-6-16/h2-10,15H,11-14H2,1H3,(H,23,24,25). The molecule has 2 heterocycles. The first kappa shape index (κ1) is 18.9. The van der Waals surface area contributed by atoms with E-state index in [1.54, 1.807) is 18.1 Å². The van der Waals surface area contributed by atoms with Crippen LogP contribution in [0.15, 0.2) is 60.7 Å². The Hall–Kier alpha value is -3.45. The lowest BCUT2D eigenvalue weighted by Gasteiger charge is -2.26. The number of aromatic nitrogens is 2. The van der Waals surface area contributed by atoms with Crippen molar-refractivity contribution in [2.45, 2.75) is 0 Å². The van der Waals surface area contributed by atoms with Crippen molar-refractivity contribution >= 4 is 17.4 Å². The van der Waals surface area contributed by atoms with E-state index >= 15 is 0 Å². The van der Waals surface area contributed by atoms with Gasteiger partial charge >= 0.3 is 0 Å². The summed E-state index contributed by atoms with van der Waals surface area (Å²) in [5, 5.41) is 3.26. The third kappa shape index (κ3) is 4.52. The van der Waals surface area contributed by atoms with Crippen LogP contribution in [0.1, 0.15) is 10.5 Å². The fraction of sp³-hybridized carbons (Fsp3) is 0.227. The van der Waals surface area contributed by atoms with E-state index in [1.165, 1.54) is 0 Å². The minimum Gasteiger partial charge on any atom is -0.497 e. The van der Waals surface area contributed by atoms with Gasteiger partial charge in [-0.2, -0.15) is 0 Å². The molecule has 7 heteroatoms. The highest BCUT2D eigenvalue weighted by Crippen LogP contribution is 2.23. The van der Waals surface area contributed by atoms with Gasteiger partial charge in [-0.05, 0) is 24.3 Å². The maximum Gasteiger partial charge on any atom is 0.272 e. The Morgan fingerprint density at radius 3 is 2.45 bits per heavy atom. The molecule has 1 fully saturated rings. The Balaban J connectivity index is 1.68. The first-order valence-electron chi connectivity index (χ1n) is 9.45. The summed E-state index contributed by atoms with van der Waals surface area (Å²) in [6, 6.07) is 18.8. The summed E-state index contributed by atoms with van der Waals surface area (Å²) in [5.41, 5.74) is 2.05. The van der Waals surface area contributed by atoms with Crippen LogP contribution in [0.4, 0.5) is 11.5 Å². The van der Waals surface area contributed by atoms with Gasteiger partial charge in [0.15, 0.2) is 5.82 Å². The molecule has 29 heavy (non-hydrogen) atoms. The molecule has 1 N–H and O–H groups in total. The Labute approximate surface area is 169 Å². The molecule has 0 radical (unpaired) electrons. The third-order valence-corrected chi connectivity index (χ3v) is 4.64. The lowest BCUT2D eigenvalue weighted by Crippen LogP contribution is -2.41. The molecule has 4 rings (SSSR count). The van der Waals surface area contributed by atoms with E-state index in [-0.39, 0.29) is 5.91 Å². The van der Waals surface area contributed by atoms with Crippen LogP contribution >= 0.6 is 0 Å². The van der Waals surface area contributed by atoms with Crippen LogP contribution in [-0.2, 0) is 4.74 Å². The molecule has 0 bridgehead atoms. The number of morpholine rings is 1. The summed E-state index contributed by atoms with van der Waals surface area (Å²) in [4.78, 5) is 23.9. The molecular weight excluding hydrogens is 368 g/mol. The molecule has 148 valence electrons. The topological polar surface area (TPSA) is 76.6 Å². The third-order valence-electron chi connectivity index (χ3n) is 4.64. The highest BCUT2D eigenvalue weighted by molar-refractivity contribution is 5.93. The SMILES string of the molecule is COc1ccc(Nc2cc(C(=O)N3CCOCC3)nc(-c3ccccc3)n2)cc1. The maximum atomic E-state index is 13.0. The van der Waals surface area contributed by atoms with Crippen LogP contribution in [0, 0.1) is 0 Å². The van der Waals surface area contributed by atoms with Crippen molar-refractivity contribution in [2.75, 3.05) is 38.7 Å². The second kappa shape index (κ2) is 8.70. The van der Waals surface area contributed by atoms with Gasteiger partial charge in [-0.3, -0.25) is 4.79 Å². The highest BCUT2D eigenvalue weighted by atomic mass is 16.5. The molecular formula is C22H22N4O3. The largest absolute Gasteiger partial charge is 0.497 e. The zero-order chi connectivity index (χ0) is 20.1.